The van der Waals surface area contributed by atoms with Crippen molar-refractivity contribution < 1.29 is 9.50 Å². The van der Waals surface area contributed by atoms with Gasteiger partial charge in [0.25, 0.3) is 0 Å². The number of rotatable bonds is 4. The second kappa shape index (κ2) is 7.55. The van der Waals surface area contributed by atoms with E-state index in [2.05, 4.69) is 39.1 Å². The molecular formula is C22H28FN5O. The predicted molar refractivity (Wildman–Crippen MR) is 110 cm³/mol. The molecule has 1 saturated carbocycles. The number of benzene rings is 1. The van der Waals surface area contributed by atoms with Crippen LogP contribution in [0.2, 0.25) is 0 Å². The normalized spacial score (nSPS) is 29.1. The number of aromatic hydroxyl groups is 1. The van der Waals surface area contributed by atoms with Crippen LogP contribution in [0.4, 0.5) is 4.39 Å². The number of imidazole rings is 1. The molecule has 0 bridgehead atoms. The van der Waals surface area contributed by atoms with E-state index in [-0.39, 0.29) is 11.8 Å². The molecule has 1 saturated heterocycles. The number of fused-ring (bicyclic) bond motifs is 1. The molecule has 2 aromatic rings. The minimum absolute atomic E-state index is 0.159. The number of H-pyrrole nitrogens is 1. The van der Waals surface area contributed by atoms with Crippen molar-refractivity contribution in [3.05, 3.63) is 52.9 Å². The molecule has 3 aliphatic rings. The summed E-state index contributed by atoms with van der Waals surface area (Å²) >= 11 is 0. The second-order valence-corrected chi connectivity index (χ2v) is 8.45. The van der Waals surface area contributed by atoms with Crippen LogP contribution >= 0.6 is 0 Å². The lowest BCUT2D eigenvalue weighted by Crippen LogP contribution is -2.35. The molecule has 2 fully saturated rings. The lowest BCUT2D eigenvalue weighted by Gasteiger charge is -2.33. The fourth-order valence-corrected chi connectivity index (χ4v) is 5.26. The van der Waals surface area contributed by atoms with E-state index in [4.69, 9.17) is 0 Å². The van der Waals surface area contributed by atoms with Gasteiger partial charge in [-0.15, -0.1) is 0 Å². The van der Waals surface area contributed by atoms with Crippen molar-refractivity contribution in [1.29, 1.82) is 0 Å². The highest BCUT2D eigenvalue weighted by Crippen LogP contribution is 2.44. The zero-order valence-electron chi connectivity index (χ0n) is 16.6. The minimum atomic E-state index is -0.520. The van der Waals surface area contributed by atoms with Crippen LogP contribution in [-0.2, 0) is 6.42 Å². The molecule has 29 heavy (non-hydrogen) atoms. The number of aromatic nitrogens is 2. The Labute approximate surface area is 170 Å². The Morgan fingerprint density at radius 3 is 2.93 bits per heavy atom. The number of phenolic OH excluding ortho intramolecular Hbond substituents is 1. The maximum absolute atomic E-state index is 14.0. The summed E-state index contributed by atoms with van der Waals surface area (Å²) in [6.45, 7) is 3.85. The second-order valence-electron chi connectivity index (χ2n) is 8.45. The van der Waals surface area contributed by atoms with Gasteiger partial charge in [0.15, 0.2) is 11.6 Å². The number of nitrogens with one attached hydrogen (secondary N) is 4. The monoisotopic (exact) mass is 397 g/mol. The Morgan fingerprint density at radius 1 is 1.24 bits per heavy atom. The number of phenols is 1. The largest absolute Gasteiger partial charge is 0.505 e. The quantitative estimate of drug-likeness (QED) is 0.548. The fourth-order valence-electron chi connectivity index (χ4n) is 5.26. The fraction of sp³-hybridized carbons (Fsp3) is 0.500. The summed E-state index contributed by atoms with van der Waals surface area (Å²) in [4.78, 5) is 8.16. The van der Waals surface area contributed by atoms with E-state index in [9.17, 15) is 9.50 Å². The van der Waals surface area contributed by atoms with Gasteiger partial charge >= 0.3 is 0 Å². The maximum Gasteiger partial charge on any atom is 0.165 e. The van der Waals surface area contributed by atoms with E-state index in [1.165, 1.54) is 5.57 Å². The van der Waals surface area contributed by atoms with E-state index in [1.807, 2.05) is 6.20 Å². The molecule has 4 atom stereocenters. The van der Waals surface area contributed by atoms with Gasteiger partial charge in [-0.1, -0.05) is 13.0 Å². The SMILES string of the molecule is CCc1cc(O)c(F)cc1C1CCC2C(C1)NNC2c1ncc(C2=CCNC2)[nH]1. The first kappa shape index (κ1) is 18.8. The number of aromatic amines is 1. The van der Waals surface area contributed by atoms with Gasteiger partial charge in [-0.25, -0.2) is 14.8 Å². The van der Waals surface area contributed by atoms with Crippen LogP contribution in [0.5, 0.6) is 5.75 Å². The molecule has 4 unspecified atom stereocenters. The summed E-state index contributed by atoms with van der Waals surface area (Å²) in [6, 6.07) is 3.62. The highest BCUT2D eigenvalue weighted by Gasteiger charge is 2.42. The minimum Gasteiger partial charge on any atom is -0.505 e. The highest BCUT2D eigenvalue weighted by atomic mass is 19.1. The van der Waals surface area contributed by atoms with Gasteiger partial charge in [0.1, 0.15) is 5.82 Å². The lowest BCUT2D eigenvalue weighted by molar-refractivity contribution is 0.276. The number of hydrogen-bond donors (Lipinski definition) is 5. The number of aryl methyl sites for hydroxylation is 1. The molecule has 0 radical (unpaired) electrons. The molecule has 154 valence electrons. The van der Waals surface area contributed by atoms with E-state index in [0.29, 0.717) is 17.9 Å². The third-order valence-corrected chi connectivity index (χ3v) is 6.83. The Bertz CT molecular complexity index is 939. The van der Waals surface area contributed by atoms with E-state index >= 15 is 0 Å². The van der Waals surface area contributed by atoms with Gasteiger partial charge < -0.3 is 15.4 Å². The molecule has 2 aliphatic heterocycles. The van der Waals surface area contributed by atoms with Crippen LogP contribution in [0.15, 0.2) is 24.4 Å². The Hall–Kier alpha value is -2.22. The van der Waals surface area contributed by atoms with Crippen LogP contribution in [0.3, 0.4) is 0 Å². The average molecular weight is 397 g/mol. The van der Waals surface area contributed by atoms with E-state index < -0.39 is 5.82 Å². The maximum atomic E-state index is 14.0. The smallest absolute Gasteiger partial charge is 0.165 e. The number of hydrazine groups is 1. The van der Waals surface area contributed by atoms with Gasteiger partial charge in [0.05, 0.1) is 17.9 Å². The third-order valence-electron chi connectivity index (χ3n) is 6.83. The average Bonchev–Trinajstić information content (AvgIpc) is 3.48. The van der Waals surface area contributed by atoms with Gasteiger partial charge in [-0.2, -0.15) is 0 Å². The molecule has 1 aromatic heterocycles. The summed E-state index contributed by atoms with van der Waals surface area (Å²) in [6.07, 6.45) is 7.94. The van der Waals surface area contributed by atoms with Gasteiger partial charge in [0, 0.05) is 19.1 Å². The summed E-state index contributed by atoms with van der Waals surface area (Å²) in [5.74, 6) is 0.968. The first-order valence-electron chi connectivity index (χ1n) is 10.6. The van der Waals surface area contributed by atoms with E-state index in [0.717, 1.165) is 61.4 Å². The molecule has 3 heterocycles. The van der Waals surface area contributed by atoms with Crippen molar-refractivity contribution in [2.75, 3.05) is 13.1 Å². The van der Waals surface area contributed by atoms with Gasteiger partial charge in [-0.3, -0.25) is 5.43 Å². The molecule has 1 aromatic carbocycles. The predicted octanol–water partition coefficient (Wildman–Crippen LogP) is 2.90. The molecule has 5 N–H and O–H groups in total. The zero-order chi connectivity index (χ0) is 20.0. The summed E-state index contributed by atoms with van der Waals surface area (Å²) in [7, 11) is 0. The standard InChI is InChI=1S/C22H28FN5O/c1-2-12-8-20(29)17(23)9-16(12)13-3-4-15-18(7-13)27-28-21(15)22-25-11-19(26-22)14-5-6-24-10-14/h5,8-9,11,13,15,18,21,24,27-29H,2-4,6-7,10H2,1H3,(H,25,26). The third kappa shape index (κ3) is 3.37. The summed E-state index contributed by atoms with van der Waals surface area (Å²) < 4.78 is 14.0. The van der Waals surface area contributed by atoms with Crippen molar-refractivity contribution in [3.8, 4) is 5.75 Å². The van der Waals surface area contributed by atoms with Crippen LogP contribution in [0, 0.1) is 11.7 Å². The first-order valence-corrected chi connectivity index (χ1v) is 10.6. The molecular weight excluding hydrogens is 369 g/mol. The zero-order valence-corrected chi connectivity index (χ0v) is 16.6. The van der Waals surface area contributed by atoms with Crippen LogP contribution in [0.1, 0.15) is 60.8 Å². The van der Waals surface area contributed by atoms with Gasteiger partial charge in [0.2, 0.25) is 0 Å². The number of halogens is 1. The van der Waals surface area contributed by atoms with Crippen LogP contribution in [0.25, 0.3) is 5.57 Å². The molecule has 6 nitrogen and oxygen atoms in total. The Kier molecular flexibility index (Phi) is 4.89. The first-order chi connectivity index (χ1) is 14.1. The Morgan fingerprint density at radius 2 is 2.14 bits per heavy atom. The van der Waals surface area contributed by atoms with Crippen molar-refractivity contribution in [2.24, 2.45) is 5.92 Å². The highest BCUT2D eigenvalue weighted by molar-refractivity contribution is 5.65. The molecule has 0 amide bonds. The van der Waals surface area contributed by atoms with E-state index in [1.54, 1.807) is 12.1 Å². The molecule has 0 spiro atoms. The summed E-state index contributed by atoms with van der Waals surface area (Å²) in [5.41, 5.74) is 11.4. The molecule has 7 heteroatoms. The van der Waals surface area contributed by atoms with Crippen LogP contribution in [-0.4, -0.2) is 34.2 Å². The van der Waals surface area contributed by atoms with Crippen molar-refractivity contribution >= 4 is 5.57 Å². The molecule has 1 aliphatic carbocycles. The van der Waals surface area contributed by atoms with Crippen molar-refractivity contribution in [1.82, 2.24) is 26.1 Å². The molecule has 5 rings (SSSR count). The van der Waals surface area contributed by atoms with Gasteiger partial charge in [-0.05, 0) is 66.4 Å². The summed E-state index contributed by atoms with van der Waals surface area (Å²) in [5, 5.41) is 13.1. The Balaban J connectivity index is 1.32. The lowest BCUT2D eigenvalue weighted by atomic mass is 9.73. The topological polar surface area (TPSA) is 85.0 Å². The number of hydrogen-bond acceptors (Lipinski definition) is 5. The van der Waals surface area contributed by atoms with Crippen LogP contribution < -0.4 is 16.2 Å². The number of nitrogens with zero attached hydrogens (tertiary/aromatic N) is 1. The van der Waals surface area contributed by atoms with Crippen molar-refractivity contribution in [2.45, 2.75) is 50.6 Å². The van der Waals surface area contributed by atoms with Crippen molar-refractivity contribution in [3.63, 3.8) is 0 Å².